The van der Waals surface area contributed by atoms with Crippen LogP contribution in [0, 0.1) is 0 Å². The number of carbonyl (C=O) groups is 1. The van der Waals surface area contributed by atoms with Gasteiger partial charge in [-0.05, 0) is 48.0 Å². The first kappa shape index (κ1) is 16.3. The topological polar surface area (TPSA) is 73.7 Å². The molecule has 3 rings (SSSR count). The lowest BCUT2D eigenvalue weighted by molar-refractivity contribution is 0.0954. The predicted molar refractivity (Wildman–Crippen MR) is 99.3 cm³/mol. The zero-order valence-electron chi connectivity index (χ0n) is 13.4. The van der Waals surface area contributed by atoms with Gasteiger partial charge in [-0.2, -0.15) is 5.10 Å². The van der Waals surface area contributed by atoms with E-state index in [0.717, 1.165) is 16.9 Å². The second-order valence-electron chi connectivity index (χ2n) is 5.36. The van der Waals surface area contributed by atoms with E-state index in [2.05, 4.69) is 15.8 Å². The average Bonchev–Trinajstić information content (AvgIpc) is 2.64. The van der Waals surface area contributed by atoms with Crippen LogP contribution in [0.2, 0.25) is 0 Å². The fraction of sp³-hybridized carbons (Fsp3) is 0. The molecule has 1 amide bonds. The van der Waals surface area contributed by atoms with Crippen LogP contribution in [0.4, 0.5) is 11.4 Å². The molecule has 0 heterocycles. The van der Waals surface area contributed by atoms with E-state index in [1.54, 1.807) is 18.3 Å². The van der Waals surface area contributed by atoms with E-state index < -0.39 is 0 Å². The van der Waals surface area contributed by atoms with Gasteiger partial charge in [0.05, 0.1) is 6.21 Å². The molecular weight excluding hydrogens is 314 g/mol. The van der Waals surface area contributed by atoms with Crippen molar-refractivity contribution in [3.63, 3.8) is 0 Å². The third-order valence-corrected chi connectivity index (χ3v) is 3.46. The molecule has 3 aromatic rings. The number of anilines is 2. The molecule has 0 aromatic heterocycles. The van der Waals surface area contributed by atoms with Gasteiger partial charge in [0.25, 0.3) is 5.91 Å². The molecule has 3 N–H and O–H groups in total. The highest BCUT2D eigenvalue weighted by atomic mass is 16.3. The summed E-state index contributed by atoms with van der Waals surface area (Å²) in [6.07, 6.45) is 1.56. The first-order valence-corrected chi connectivity index (χ1v) is 7.75. The van der Waals surface area contributed by atoms with Crippen LogP contribution in [0.15, 0.2) is 84.0 Å². The maximum absolute atomic E-state index is 11.9. The van der Waals surface area contributed by atoms with Gasteiger partial charge in [-0.25, -0.2) is 5.43 Å². The highest BCUT2D eigenvalue weighted by Gasteiger charge is 2.04. The Kier molecular flexibility index (Phi) is 5.07. The van der Waals surface area contributed by atoms with Gasteiger partial charge >= 0.3 is 0 Å². The molecular formula is C20H17N3O2. The van der Waals surface area contributed by atoms with Crippen LogP contribution in [-0.4, -0.2) is 17.2 Å². The number of nitrogens with one attached hydrogen (secondary N) is 2. The zero-order valence-corrected chi connectivity index (χ0v) is 13.4. The Hall–Kier alpha value is -3.60. The van der Waals surface area contributed by atoms with E-state index >= 15 is 0 Å². The normalized spacial score (nSPS) is 10.6. The van der Waals surface area contributed by atoms with Gasteiger partial charge in [-0.15, -0.1) is 0 Å². The summed E-state index contributed by atoms with van der Waals surface area (Å²) < 4.78 is 0. The van der Waals surface area contributed by atoms with Gasteiger partial charge in [-0.3, -0.25) is 4.79 Å². The van der Waals surface area contributed by atoms with Crippen molar-refractivity contribution in [2.75, 3.05) is 5.32 Å². The Labute approximate surface area is 145 Å². The number of benzene rings is 3. The molecule has 5 nitrogen and oxygen atoms in total. The maximum atomic E-state index is 11.9. The van der Waals surface area contributed by atoms with Crippen LogP contribution >= 0.6 is 0 Å². The summed E-state index contributed by atoms with van der Waals surface area (Å²) in [5.74, 6) is -0.340. The van der Waals surface area contributed by atoms with Crippen LogP contribution in [0.3, 0.4) is 0 Å². The minimum atomic E-state index is -0.380. The van der Waals surface area contributed by atoms with E-state index in [0.29, 0.717) is 5.56 Å². The average molecular weight is 331 g/mol. The third kappa shape index (κ3) is 4.68. The van der Waals surface area contributed by atoms with Crippen LogP contribution < -0.4 is 10.7 Å². The molecule has 0 aliphatic carbocycles. The summed E-state index contributed by atoms with van der Waals surface area (Å²) in [6.45, 7) is 0. The lowest BCUT2D eigenvalue weighted by Crippen LogP contribution is -2.17. The van der Waals surface area contributed by atoms with Crippen molar-refractivity contribution in [2.24, 2.45) is 5.10 Å². The summed E-state index contributed by atoms with van der Waals surface area (Å²) in [5.41, 5.74) is 5.62. The highest BCUT2D eigenvalue weighted by Crippen LogP contribution is 2.16. The monoisotopic (exact) mass is 331 g/mol. The van der Waals surface area contributed by atoms with Crippen molar-refractivity contribution < 1.29 is 9.90 Å². The van der Waals surface area contributed by atoms with E-state index in [1.807, 2.05) is 54.6 Å². The summed E-state index contributed by atoms with van der Waals surface area (Å²) >= 11 is 0. The second kappa shape index (κ2) is 7.79. The van der Waals surface area contributed by atoms with Crippen LogP contribution in [0.5, 0.6) is 5.75 Å². The lowest BCUT2D eigenvalue weighted by atomic mass is 10.2. The number of rotatable bonds is 5. The van der Waals surface area contributed by atoms with E-state index in [4.69, 9.17) is 0 Å². The lowest BCUT2D eigenvalue weighted by Gasteiger charge is -2.06. The number of aromatic hydroxyl groups is 1. The van der Waals surface area contributed by atoms with Crippen molar-refractivity contribution in [3.8, 4) is 5.75 Å². The second-order valence-corrected chi connectivity index (χ2v) is 5.36. The van der Waals surface area contributed by atoms with Gasteiger partial charge in [0.2, 0.25) is 0 Å². The van der Waals surface area contributed by atoms with Gasteiger partial charge in [-0.1, -0.05) is 36.4 Å². The van der Waals surface area contributed by atoms with Gasteiger partial charge < -0.3 is 10.4 Å². The summed E-state index contributed by atoms with van der Waals surface area (Å²) in [5, 5.41) is 16.6. The molecule has 0 unspecified atom stereocenters. The maximum Gasteiger partial charge on any atom is 0.271 e. The van der Waals surface area contributed by atoms with Crippen LogP contribution in [-0.2, 0) is 0 Å². The number of phenolic OH excluding ortho intramolecular Hbond substituents is 1. The molecule has 0 radical (unpaired) electrons. The number of amides is 1. The molecule has 0 fully saturated rings. The zero-order chi connectivity index (χ0) is 17.5. The van der Waals surface area contributed by atoms with Crippen LogP contribution in [0.25, 0.3) is 0 Å². The molecule has 0 aliphatic heterocycles. The van der Waals surface area contributed by atoms with Gasteiger partial charge in [0.15, 0.2) is 0 Å². The quantitative estimate of drug-likeness (QED) is 0.490. The Bertz CT molecular complexity index is 875. The molecule has 3 aromatic carbocycles. The first-order chi connectivity index (χ1) is 12.2. The minimum Gasteiger partial charge on any atom is -0.508 e. The standard InChI is InChI=1S/C20H17N3O2/c24-19-8-4-5-16(13-19)20(25)23-21-14-15-9-11-18(12-10-15)22-17-6-2-1-3-7-17/h1-14,22,24H,(H,23,25)/b21-14+. The number of phenols is 1. The SMILES string of the molecule is O=C(N/N=C/c1ccc(Nc2ccccc2)cc1)c1cccc(O)c1. The van der Waals surface area contributed by atoms with E-state index in [9.17, 15) is 9.90 Å². The Morgan fingerprint density at radius 3 is 2.32 bits per heavy atom. The molecule has 0 saturated heterocycles. The van der Waals surface area contributed by atoms with E-state index in [1.165, 1.54) is 12.1 Å². The smallest absolute Gasteiger partial charge is 0.271 e. The molecule has 0 spiro atoms. The summed E-state index contributed by atoms with van der Waals surface area (Å²) in [4.78, 5) is 11.9. The van der Waals surface area contributed by atoms with Gasteiger partial charge in [0, 0.05) is 16.9 Å². The fourth-order valence-electron chi connectivity index (χ4n) is 2.22. The number of para-hydroxylation sites is 1. The molecule has 0 saturated carbocycles. The Balaban J connectivity index is 1.57. The number of hydrazone groups is 1. The minimum absolute atomic E-state index is 0.0399. The first-order valence-electron chi connectivity index (χ1n) is 7.75. The molecule has 0 aliphatic rings. The molecule has 124 valence electrons. The van der Waals surface area contributed by atoms with E-state index in [-0.39, 0.29) is 11.7 Å². The number of carbonyl (C=O) groups excluding carboxylic acids is 1. The van der Waals surface area contributed by atoms with Crippen LogP contribution in [0.1, 0.15) is 15.9 Å². The van der Waals surface area contributed by atoms with Crippen molar-refractivity contribution in [1.82, 2.24) is 5.43 Å². The van der Waals surface area contributed by atoms with Crippen molar-refractivity contribution in [3.05, 3.63) is 90.0 Å². The van der Waals surface area contributed by atoms with Crippen molar-refractivity contribution in [2.45, 2.75) is 0 Å². The predicted octanol–water partition coefficient (Wildman–Crippen LogP) is 3.90. The molecule has 0 bridgehead atoms. The van der Waals surface area contributed by atoms with Crippen molar-refractivity contribution >= 4 is 23.5 Å². The summed E-state index contributed by atoms with van der Waals surface area (Å²) in [7, 11) is 0. The fourth-order valence-corrected chi connectivity index (χ4v) is 2.22. The number of hydrogen-bond acceptors (Lipinski definition) is 4. The highest BCUT2D eigenvalue weighted by molar-refractivity contribution is 5.95. The molecule has 5 heteroatoms. The largest absolute Gasteiger partial charge is 0.508 e. The molecule has 0 atom stereocenters. The van der Waals surface area contributed by atoms with Gasteiger partial charge in [0.1, 0.15) is 5.75 Å². The number of nitrogens with zero attached hydrogens (tertiary/aromatic N) is 1. The summed E-state index contributed by atoms with van der Waals surface area (Å²) in [6, 6.07) is 23.7. The van der Waals surface area contributed by atoms with Crippen molar-refractivity contribution in [1.29, 1.82) is 0 Å². The Morgan fingerprint density at radius 2 is 1.60 bits per heavy atom. The number of hydrogen-bond donors (Lipinski definition) is 3. The third-order valence-electron chi connectivity index (χ3n) is 3.46. The Morgan fingerprint density at radius 1 is 0.880 bits per heavy atom. The molecule has 25 heavy (non-hydrogen) atoms.